The van der Waals surface area contributed by atoms with Crippen LogP contribution in [0.15, 0.2) is 51.9 Å². The zero-order valence-electron chi connectivity index (χ0n) is 14.8. The number of fused-ring (bicyclic) bond motifs is 2. The van der Waals surface area contributed by atoms with Gasteiger partial charge >= 0.3 is 5.63 Å². The molecule has 1 aromatic carbocycles. The molecule has 1 fully saturated rings. The number of rotatable bonds is 2. The van der Waals surface area contributed by atoms with E-state index in [0.29, 0.717) is 22.1 Å². The van der Waals surface area contributed by atoms with Gasteiger partial charge in [-0.25, -0.2) is 14.2 Å². The van der Waals surface area contributed by atoms with Gasteiger partial charge in [0, 0.05) is 50.3 Å². The monoisotopic (exact) mass is 398 g/mol. The number of hydrogen-bond acceptors (Lipinski definition) is 5. The lowest BCUT2D eigenvalue weighted by atomic mass is 10.1. The molecule has 0 atom stereocenters. The third kappa shape index (κ3) is 2.83. The minimum atomic E-state index is -0.566. The maximum atomic E-state index is 14.8. The first-order chi connectivity index (χ1) is 13.6. The molecule has 8 heteroatoms. The predicted molar refractivity (Wildman–Crippen MR) is 107 cm³/mol. The summed E-state index contributed by atoms with van der Waals surface area (Å²) in [7, 11) is 0. The summed E-state index contributed by atoms with van der Waals surface area (Å²) in [5, 5.41) is 3.97. The summed E-state index contributed by atoms with van der Waals surface area (Å²) in [6.45, 7) is 3.21. The molecule has 0 saturated carbocycles. The molecule has 1 N–H and O–H groups in total. The van der Waals surface area contributed by atoms with Gasteiger partial charge in [-0.05, 0) is 24.3 Å². The van der Waals surface area contributed by atoms with Gasteiger partial charge in [0.2, 0.25) is 0 Å². The summed E-state index contributed by atoms with van der Waals surface area (Å²) in [6.07, 6.45) is 3.45. The number of hydrogen-bond donors (Lipinski definition) is 1. The number of nitrogens with zero attached hydrogens (tertiary/aromatic N) is 3. The highest BCUT2D eigenvalue weighted by Crippen LogP contribution is 2.28. The van der Waals surface area contributed by atoms with Crippen molar-refractivity contribution in [2.45, 2.75) is 0 Å². The summed E-state index contributed by atoms with van der Waals surface area (Å²) in [6, 6.07) is 8.19. The Kier molecular flexibility index (Phi) is 4.07. The second-order valence-corrected chi connectivity index (χ2v) is 7.14. The van der Waals surface area contributed by atoms with E-state index in [0.717, 1.165) is 26.2 Å². The average Bonchev–Trinajstić information content (AvgIpc) is 3.13. The van der Waals surface area contributed by atoms with Gasteiger partial charge < -0.3 is 19.0 Å². The molecular formula is C20H16ClFN4O2. The van der Waals surface area contributed by atoms with Crippen LogP contribution in [0, 0.1) is 5.82 Å². The highest BCUT2D eigenvalue weighted by atomic mass is 35.5. The second-order valence-electron chi connectivity index (χ2n) is 6.74. The summed E-state index contributed by atoms with van der Waals surface area (Å²) < 4.78 is 22.0. The predicted octanol–water partition coefficient (Wildman–Crippen LogP) is 3.31. The molecule has 0 spiro atoms. The Morgan fingerprint density at radius 1 is 1.21 bits per heavy atom. The lowest BCUT2D eigenvalue weighted by molar-refractivity contribution is 0.555. The average molecular weight is 399 g/mol. The normalized spacial score (nSPS) is 14.9. The molecule has 1 aliphatic rings. The van der Waals surface area contributed by atoms with E-state index in [1.165, 1.54) is 12.1 Å². The quantitative estimate of drug-likeness (QED) is 0.525. The molecule has 0 aliphatic carbocycles. The van der Waals surface area contributed by atoms with Gasteiger partial charge in [-0.3, -0.25) is 0 Å². The fourth-order valence-corrected chi connectivity index (χ4v) is 3.77. The van der Waals surface area contributed by atoms with Crippen LogP contribution in [0.2, 0.25) is 5.02 Å². The Balaban J connectivity index is 1.64. The summed E-state index contributed by atoms with van der Waals surface area (Å²) in [4.78, 5) is 19.1. The van der Waals surface area contributed by atoms with Crippen molar-refractivity contribution in [3.05, 3.63) is 64.0 Å². The van der Waals surface area contributed by atoms with E-state index >= 15 is 0 Å². The first-order valence-corrected chi connectivity index (χ1v) is 9.34. The van der Waals surface area contributed by atoms with Gasteiger partial charge in [-0.15, -0.1) is 0 Å². The Labute approximate surface area is 164 Å². The van der Waals surface area contributed by atoms with Gasteiger partial charge in [0.1, 0.15) is 11.4 Å². The van der Waals surface area contributed by atoms with Crippen LogP contribution >= 0.6 is 11.6 Å². The Hall–Kier alpha value is -2.90. The van der Waals surface area contributed by atoms with Crippen LogP contribution in [0.4, 0.5) is 10.1 Å². The zero-order valence-corrected chi connectivity index (χ0v) is 15.5. The van der Waals surface area contributed by atoms with E-state index in [4.69, 9.17) is 16.0 Å². The second kappa shape index (κ2) is 6.61. The largest absolute Gasteiger partial charge is 0.422 e. The number of pyridine rings is 1. The van der Waals surface area contributed by atoms with Crippen molar-refractivity contribution in [2.24, 2.45) is 0 Å². The number of nitrogens with one attached hydrogen (secondary N) is 1. The van der Waals surface area contributed by atoms with Crippen molar-refractivity contribution < 1.29 is 8.81 Å². The Morgan fingerprint density at radius 3 is 2.82 bits per heavy atom. The van der Waals surface area contributed by atoms with E-state index in [9.17, 15) is 9.18 Å². The first kappa shape index (κ1) is 17.2. The number of imidazole rings is 1. The number of aromatic nitrogens is 2. The number of halogens is 2. The topological polar surface area (TPSA) is 62.8 Å². The van der Waals surface area contributed by atoms with Gasteiger partial charge in [-0.2, -0.15) is 0 Å². The van der Waals surface area contributed by atoms with E-state index < -0.39 is 11.4 Å². The molecule has 4 aromatic rings. The minimum absolute atomic E-state index is 0.195. The van der Waals surface area contributed by atoms with Crippen molar-refractivity contribution in [2.75, 3.05) is 31.1 Å². The maximum absolute atomic E-state index is 14.8. The number of anilines is 1. The molecule has 142 valence electrons. The maximum Gasteiger partial charge on any atom is 0.345 e. The molecule has 1 saturated heterocycles. The van der Waals surface area contributed by atoms with E-state index in [1.54, 1.807) is 35.0 Å². The fourth-order valence-electron chi connectivity index (χ4n) is 3.55. The van der Waals surface area contributed by atoms with Crippen LogP contribution in [0.5, 0.6) is 0 Å². The molecule has 0 radical (unpaired) electrons. The van der Waals surface area contributed by atoms with Crippen LogP contribution in [0.25, 0.3) is 27.9 Å². The highest BCUT2D eigenvalue weighted by molar-refractivity contribution is 6.33. The third-order valence-corrected chi connectivity index (χ3v) is 5.28. The molecule has 0 bridgehead atoms. The first-order valence-electron chi connectivity index (χ1n) is 8.97. The van der Waals surface area contributed by atoms with Gasteiger partial charge in [0.25, 0.3) is 0 Å². The van der Waals surface area contributed by atoms with Crippen molar-refractivity contribution in [1.29, 1.82) is 0 Å². The van der Waals surface area contributed by atoms with E-state index in [1.807, 2.05) is 0 Å². The van der Waals surface area contributed by atoms with Crippen molar-refractivity contribution >= 4 is 33.9 Å². The Morgan fingerprint density at radius 2 is 2.04 bits per heavy atom. The summed E-state index contributed by atoms with van der Waals surface area (Å²) in [5.41, 5.74) is 1.47. The number of benzene rings is 1. The third-order valence-electron chi connectivity index (χ3n) is 4.98. The molecule has 5 rings (SSSR count). The molecule has 1 aliphatic heterocycles. The van der Waals surface area contributed by atoms with Gasteiger partial charge in [-0.1, -0.05) is 11.6 Å². The van der Waals surface area contributed by atoms with Crippen molar-refractivity contribution in [3.8, 4) is 11.3 Å². The summed E-state index contributed by atoms with van der Waals surface area (Å²) >= 11 is 6.16. The Bertz CT molecular complexity index is 1260. The lowest BCUT2D eigenvalue weighted by Gasteiger charge is -2.29. The van der Waals surface area contributed by atoms with Crippen LogP contribution in [-0.4, -0.2) is 35.6 Å². The van der Waals surface area contributed by atoms with Gasteiger partial charge in [0.15, 0.2) is 5.65 Å². The molecule has 6 nitrogen and oxygen atoms in total. The molecule has 0 unspecified atom stereocenters. The van der Waals surface area contributed by atoms with Crippen LogP contribution in [-0.2, 0) is 0 Å². The zero-order chi connectivity index (χ0) is 19.3. The van der Waals surface area contributed by atoms with Gasteiger partial charge in [0.05, 0.1) is 21.7 Å². The molecule has 4 heterocycles. The fraction of sp³-hybridized carbons (Fsp3) is 0.200. The smallest absolute Gasteiger partial charge is 0.345 e. The van der Waals surface area contributed by atoms with E-state index in [2.05, 4.69) is 15.2 Å². The minimum Gasteiger partial charge on any atom is -0.422 e. The molecule has 3 aromatic heterocycles. The van der Waals surface area contributed by atoms with Crippen LogP contribution in [0.1, 0.15) is 0 Å². The molecule has 28 heavy (non-hydrogen) atoms. The number of piperazine rings is 1. The standard InChI is InChI=1S/C20H16ClFN4O2/c21-15-2-1-5-26-11-17(24-19(15)26)14-10-13-16(22)8-12(9-18(13)28-20(14)27)25-6-3-23-4-7-25/h1-2,5,8-11,23H,3-4,6-7H2. The highest BCUT2D eigenvalue weighted by Gasteiger charge is 2.18. The van der Waals surface area contributed by atoms with Crippen molar-refractivity contribution in [3.63, 3.8) is 0 Å². The lowest BCUT2D eigenvalue weighted by Crippen LogP contribution is -2.43. The van der Waals surface area contributed by atoms with Crippen LogP contribution in [0.3, 0.4) is 0 Å². The summed E-state index contributed by atoms with van der Waals surface area (Å²) in [5.74, 6) is -0.433. The molecular weight excluding hydrogens is 383 g/mol. The van der Waals surface area contributed by atoms with E-state index in [-0.39, 0.29) is 16.5 Å². The van der Waals surface area contributed by atoms with Crippen molar-refractivity contribution in [1.82, 2.24) is 14.7 Å². The van der Waals surface area contributed by atoms with Crippen LogP contribution < -0.4 is 15.8 Å². The SMILES string of the molecule is O=c1oc2cc(N3CCNCC3)cc(F)c2cc1-c1cn2cccc(Cl)c2n1. The molecule has 0 amide bonds.